The molecule has 1 aromatic carbocycles. The molecule has 1 amide bonds. The fourth-order valence-corrected chi connectivity index (χ4v) is 2.87. The SMILES string of the molecule is CC1CC(Nc2ccc(Cl)c(C(=O)N(C)C)c2)CCN1C. The van der Waals surface area contributed by atoms with Crippen LogP contribution in [0, 0.1) is 0 Å². The molecule has 0 saturated carbocycles. The fraction of sp³-hybridized carbons (Fsp3) is 0.562. The first-order valence-corrected chi connectivity index (χ1v) is 7.74. The number of hydrogen-bond donors (Lipinski definition) is 1. The second-order valence-corrected chi connectivity index (χ2v) is 6.50. The number of nitrogens with one attached hydrogen (secondary N) is 1. The van der Waals surface area contributed by atoms with Gasteiger partial charge in [-0.1, -0.05) is 11.6 Å². The zero-order valence-corrected chi connectivity index (χ0v) is 13.9. The Bertz CT molecular complexity index is 518. The topological polar surface area (TPSA) is 35.6 Å². The zero-order valence-electron chi connectivity index (χ0n) is 13.2. The third-order valence-corrected chi connectivity index (χ3v) is 4.51. The van der Waals surface area contributed by atoms with Gasteiger partial charge in [-0.15, -0.1) is 0 Å². The quantitative estimate of drug-likeness (QED) is 0.932. The average Bonchev–Trinajstić information content (AvgIpc) is 2.44. The number of benzene rings is 1. The summed E-state index contributed by atoms with van der Waals surface area (Å²) in [5.74, 6) is -0.0691. The Morgan fingerprint density at radius 2 is 2.14 bits per heavy atom. The van der Waals surface area contributed by atoms with Crippen molar-refractivity contribution in [3.63, 3.8) is 0 Å². The van der Waals surface area contributed by atoms with E-state index in [0.29, 0.717) is 22.7 Å². The Morgan fingerprint density at radius 1 is 1.43 bits per heavy atom. The molecule has 1 saturated heterocycles. The smallest absolute Gasteiger partial charge is 0.254 e. The second kappa shape index (κ2) is 6.67. The van der Waals surface area contributed by atoms with Crippen LogP contribution in [0.25, 0.3) is 0 Å². The van der Waals surface area contributed by atoms with Crippen LogP contribution in [0.4, 0.5) is 5.69 Å². The van der Waals surface area contributed by atoms with Crippen LogP contribution in [0.15, 0.2) is 18.2 Å². The van der Waals surface area contributed by atoms with E-state index in [1.165, 1.54) is 0 Å². The van der Waals surface area contributed by atoms with Crippen molar-refractivity contribution < 1.29 is 4.79 Å². The number of halogens is 1. The first-order valence-electron chi connectivity index (χ1n) is 7.36. The lowest BCUT2D eigenvalue weighted by Gasteiger charge is -2.35. The molecule has 1 heterocycles. The third kappa shape index (κ3) is 3.89. The largest absolute Gasteiger partial charge is 0.382 e. The van der Waals surface area contributed by atoms with Gasteiger partial charge in [0.1, 0.15) is 0 Å². The van der Waals surface area contributed by atoms with Crippen LogP contribution in [0.5, 0.6) is 0 Å². The molecule has 21 heavy (non-hydrogen) atoms. The van der Waals surface area contributed by atoms with Gasteiger partial charge in [0.25, 0.3) is 5.91 Å². The molecule has 0 aromatic heterocycles. The van der Waals surface area contributed by atoms with Crippen molar-refractivity contribution in [1.82, 2.24) is 9.80 Å². The summed E-state index contributed by atoms with van der Waals surface area (Å²) in [6, 6.07) is 6.61. The molecule has 1 fully saturated rings. The normalized spacial score (nSPS) is 22.9. The highest BCUT2D eigenvalue weighted by atomic mass is 35.5. The molecule has 5 heteroatoms. The third-order valence-electron chi connectivity index (χ3n) is 4.18. The molecular weight excluding hydrogens is 286 g/mol. The Balaban J connectivity index is 2.11. The molecule has 1 N–H and O–H groups in total. The summed E-state index contributed by atoms with van der Waals surface area (Å²) in [5, 5.41) is 4.03. The second-order valence-electron chi connectivity index (χ2n) is 6.09. The number of hydrogen-bond acceptors (Lipinski definition) is 3. The summed E-state index contributed by atoms with van der Waals surface area (Å²) in [6.07, 6.45) is 2.22. The van der Waals surface area contributed by atoms with Gasteiger partial charge in [0.15, 0.2) is 0 Å². The Kier molecular flexibility index (Phi) is 5.12. The number of nitrogens with zero attached hydrogens (tertiary/aromatic N) is 2. The molecule has 1 aliphatic heterocycles. The molecule has 0 aliphatic carbocycles. The standard InChI is InChI=1S/C16H24ClN3O/c1-11-9-13(7-8-20(11)4)18-12-5-6-15(17)14(10-12)16(21)19(2)3/h5-6,10-11,13,18H,7-9H2,1-4H3. The molecule has 2 atom stereocenters. The molecule has 0 spiro atoms. The van der Waals surface area contributed by atoms with Gasteiger partial charge >= 0.3 is 0 Å². The highest BCUT2D eigenvalue weighted by Crippen LogP contribution is 2.24. The van der Waals surface area contributed by atoms with Crippen LogP contribution in [0.3, 0.4) is 0 Å². The van der Waals surface area contributed by atoms with Crippen molar-refractivity contribution >= 4 is 23.2 Å². The van der Waals surface area contributed by atoms with Crippen LogP contribution in [0.2, 0.25) is 5.02 Å². The number of piperidine rings is 1. The van der Waals surface area contributed by atoms with E-state index < -0.39 is 0 Å². The van der Waals surface area contributed by atoms with Crippen molar-refractivity contribution in [2.75, 3.05) is 33.0 Å². The predicted octanol–water partition coefficient (Wildman–Crippen LogP) is 2.94. The van der Waals surface area contributed by atoms with E-state index in [4.69, 9.17) is 11.6 Å². The van der Waals surface area contributed by atoms with E-state index in [9.17, 15) is 4.79 Å². The molecule has 4 nitrogen and oxygen atoms in total. The average molecular weight is 310 g/mol. The molecule has 2 unspecified atom stereocenters. The number of rotatable bonds is 3. The molecule has 0 bridgehead atoms. The lowest BCUT2D eigenvalue weighted by atomic mass is 9.98. The van der Waals surface area contributed by atoms with Gasteiger partial charge < -0.3 is 15.1 Å². The van der Waals surface area contributed by atoms with Crippen LogP contribution in [-0.4, -0.2) is 55.5 Å². The number of carbonyl (C=O) groups excluding carboxylic acids is 1. The van der Waals surface area contributed by atoms with Gasteiger partial charge in [0.05, 0.1) is 10.6 Å². The van der Waals surface area contributed by atoms with Gasteiger partial charge in [-0.25, -0.2) is 0 Å². The van der Waals surface area contributed by atoms with Crippen molar-refractivity contribution in [3.05, 3.63) is 28.8 Å². The summed E-state index contributed by atoms with van der Waals surface area (Å²) in [4.78, 5) is 16.0. The Labute approximate surface area is 132 Å². The lowest BCUT2D eigenvalue weighted by molar-refractivity contribution is 0.0828. The van der Waals surface area contributed by atoms with Gasteiger partial charge in [-0.2, -0.15) is 0 Å². The van der Waals surface area contributed by atoms with Gasteiger partial charge in [-0.05, 0) is 45.0 Å². The lowest BCUT2D eigenvalue weighted by Crippen LogP contribution is -2.42. The highest BCUT2D eigenvalue weighted by Gasteiger charge is 2.23. The molecule has 2 rings (SSSR count). The minimum atomic E-state index is -0.0691. The fourth-order valence-electron chi connectivity index (χ4n) is 2.68. The highest BCUT2D eigenvalue weighted by molar-refractivity contribution is 6.34. The van der Waals surface area contributed by atoms with Gasteiger partial charge in [-0.3, -0.25) is 4.79 Å². The van der Waals surface area contributed by atoms with Crippen LogP contribution < -0.4 is 5.32 Å². The van der Waals surface area contributed by atoms with E-state index in [1.807, 2.05) is 12.1 Å². The van der Waals surface area contributed by atoms with Crippen LogP contribution in [-0.2, 0) is 0 Å². The van der Waals surface area contributed by atoms with Crippen molar-refractivity contribution in [3.8, 4) is 0 Å². The van der Waals surface area contributed by atoms with E-state index in [-0.39, 0.29) is 5.91 Å². The Morgan fingerprint density at radius 3 is 2.76 bits per heavy atom. The number of anilines is 1. The molecular formula is C16H24ClN3O. The molecule has 1 aliphatic rings. The minimum absolute atomic E-state index is 0.0691. The van der Waals surface area contributed by atoms with Crippen LogP contribution >= 0.6 is 11.6 Å². The summed E-state index contributed by atoms with van der Waals surface area (Å²) >= 11 is 6.14. The monoisotopic (exact) mass is 309 g/mol. The number of amides is 1. The zero-order chi connectivity index (χ0) is 15.6. The molecule has 1 aromatic rings. The van der Waals surface area contributed by atoms with Crippen molar-refractivity contribution in [2.24, 2.45) is 0 Å². The minimum Gasteiger partial charge on any atom is -0.382 e. The summed E-state index contributed by atoms with van der Waals surface area (Å²) in [5.41, 5.74) is 1.51. The summed E-state index contributed by atoms with van der Waals surface area (Å²) in [6.45, 7) is 3.34. The van der Waals surface area contributed by atoms with Crippen molar-refractivity contribution in [1.29, 1.82) is 0 Å². The number of likely N-dealkylation sites (tertiary alicyclic amines) is 1. The first-order chi connectivity index (χ1) is 9.88. The van der Waals surface area contributed by atoms with E-state index >= 15 is 0 Å². The van der Waals surface area contributed by atoms with Gasteiger partial charge in [0, 0.05) is 38.4 Å². The molecule has 0 radical (unpaired) electrons. The maximum atomic E-state index is 12.1. The van der Waals surface area contributed by atoms with Crippen molar-refractivity contribution in [2.45, 2.75) is 31.8 Å². The maximum Gasteiger partial charge on any atom is 0.254 e. The predicted molar refractivity (Wildman–Crippen MR) is 88.2 cm³/mol. The van der Waals surface area contributed by atoms with E-state index in [0.717, 1.165) is 25.1 Å². The van der Waals surface area contributed by atoms with E-state index in [2.05, 4.69) is 24.2 Å². The first kappa shape index (κ1) is 16.1. The Hall–Kier alpha value is -1.26. The van der Waals surface area contributed by atoms with E-state index in [1.54, 1.807) is 25.1 Å². The number of carbonyl (C=O) groups is 1. The maximum absolute atomic E-state index is 12.1. The molecule has 116 valence electrons. The van der Waals surface area contributed by atoms with Crippen LogP contribution in [0.1, 0.15) is 30.1 Å². The summed E-state index contributed by atoms with van der Waals surface area (Å²) in [7, 11) is 5.63. The van der Waals surface area contributed by atoms with Gasteiger partial charge in [0.2, 0.25) is 0 Å². The summed E-state index contributed by atoms with van der Waals surface area (Å²) < 4.78 is 0.